The molecule has 0 aromatic rings. The molecule has 0 bridgehead atoms. The van der Waals surface area contributed by atoms with E-state index < -0.39 is 12.3 Å². The van der Waals surface area contributed by atoms with Gasteiger partial charge in [-0.1, -0.05) is 0 Å². The van der Waals surface area contributed by atoms with Crippen LogP contribution in [0.2, 0.25) is 0 Å². The van der Waals surface area contributed by atoms with Gasteiger partial charge in [0.2, 0.25) is 12.1 Å². The average Bonchev–Trinajstić information content (AvgIpc) is 2.27. The summed E-state index contributed by atoms with van der Waals surface area (Å²) in [6.07, 6.45) is -0.652. The highest BCUT2D eigenvalue weighted by atomic mass is 16.5. The lowest BCUT2D eigenvalue weighted by molar-refractivity contribution is -0.137. The zero-order valence-electron chi connectivity index (χ0n) is 7.07. The summed E-state index contributed by atoms with van der Waals surface area (Å²) in [4.78, 5) is 12.2. The molecule has 1 rings (SSSR count). The zero-order valence-corrected chi connectivity index (χ0v) is 7.07. The van der Waals surface area contributed by atoms with E-state index in [0.29, 0.717) is 12.2 Å². The summed E-state index contributed by atoms with van der Waals surface area (Å²) < 4.78 is 4.92. The smallest absolute Gasteiger partial charge is 0.373 e. The molecular formula is C7H12N2O3. The Kier molecular flexibility index (Phi) is 2.23. The maximum atomic E-state index is 10.6. The van der Waals surface area contributed by atoms with Gasteiger partial charge in [-0.15, -0.1) is 0 Å². The highest BCUT2D eigenvalue weighted by molar-refractivity contribution is 5.85. The van der Waals surface area contributed by atoms with E-state index in [1.807, 2.05) is 6.92 Å². The molecule has 0 radical (unpaired) electrons. The second-order valence-corrected chi connectivity index (χ2v) is 2.51. The molecule has 0 spiro atoms. The third-order valence-corrected chi connectivity index (χ3v) is 1.84. The highest BCUT2D eigenvalue weighted by Gasteiger charge is 2.30. The lowest BCUT2D eigenvalue weighted by Crippen LogP contribution is -2.37. The largest absolute Gasteiger partial charge is 0.475 e. The number of nitrogens with zero attached hydrogens (tertiary/aromatic N) is 1. The number of rotatable bonds is 2. The fourth-order valence-electron chi connectivity index (χ4n) is 1.21. The number of allylic oxidation sites excluding steroid dienone is 1. The first-order valence-corrected chi connectivity index (χ1v) is 3.71. The monoisotopic (exact) mass is 172 g/mol. The zero-order chi connectivity index (χ0) is 9.30. The van der Waals surface area contributed by atoms with Crippen LogP contribution in [0.4, 0.5) is 0 Å². The van der Waals surface area contributed by atoms with E-state index in [-0.39, 0.29) is 5.76 Å². The summed E-state index contributed by atoms with van der Waals surface area (Å²) in [5.74, 6) is -1.12. The Morgan fingerprint density at radius 1 is 1.83 bits per heavy atom. The molecule has 3 N–H and O–H groups in total. The maximum Gasteiger partial charge on any atom is 0.373 e. The van der Waals surface area contributed by atoms with Crippen LogP contribution in [0, 0.1) is 0 Å². The third kappa shape index (κ3) is 1.23. The molecule has 0 aromatic heterocycles. The summed E-state index contributed by atoms with van der Waals surface area (Å²) in [6, 6.07) is 0. The molecule has 1 heterocycles. The Balaban J connectivity index is 2.89. The van der Waals surface area contributed by atoms with Crippen LogP contribution in [0.3, 0.4) is 0 Å². The maximum absolute atomic E-state index is 10.6. The number of hydrogen-bond acceptors (Lipinski definition) is 4. The van der Waals surface area contributed by atoms with Crippen molar-refractivity contribution in [2.75, 3.05) is 6.54 Å². The van der Waals surface area contributed by atoms with E-state index in [1.165, 1.54) is 0 Å². The summed E-state index contributed by atoms with van der Waals surface area (Å²) in [5.41, 5.74) is 6.09. The Labute approximate surface area is 70.4 Å². The molecule has 5 heteroatoms. The second-order valence-electron chi connectivity index (χ2n) is 2.51. The van der Waals surface area contributed by atoms with Crippen molar-refractivity contribution in [1.29, 1.82) is 0 Å². The molecular weight excluding hydrogens is 160 g/mol. The van der Waals surface area contributed by atoms with Crippen LogP contribution in [0.5, 0.6) is 0 Å². The molecule has 5 nitrogen and oxygen atoms in total. The summed E-state index contributed by atoms with van der Waals surface area (Å²) >= 11 is 0. The minimum absolute atomic E-state index is 0.0515. The predicted molar refractivity (Wildman–Crippen MR) is 41.8 cm³/mol. The molecule has 0 aromatic carbocycles. The van der Waals surface area contributed by atoms with Gasteiger partial charge >= 0.3 is 5.97 Å². The fraction of sp³-hybridized carbons (Fsp3) is 0.571. The van der Waals surface area contributed by atoms with Crippen LogP contribution in [0.15, 0.2) is 11.5 Å². The van der Waals surface area contributed by atoms with E-state index in [4.69, 9.17) is 15.6 Å². The summed E-state index contributed by atoms with van der Waals surface area (Å²) in [6.45, 7) is 4.21. The normalized spacial score (nSPS) is 22.9. The SMILES string of the molecule is CCN1C(C)=C(C(=O)O)OC1N. The van der Waals surface area contributed by atoms with Crippen LogP contribution >= 0.6 is 0 Å². The van der Waals surface area contributed by atoms with Crippen molar-refractivity contribution >= 4 is 5.97 Å². The van der Waals surface area contributed by atoms with Gasteiger partial charge in [-0.3, -0.25) is 5.73 Å². The minimum atomic E-state index is -1.07. The van der Waals surface area contributed by atoms with Gasteiger partial charge in [0.25, 0.3) is 0 Å². The van der Waals surface area contributed by atoms with Crippen LogP contribution in [-0.2, 0) is 9.53 Å². The number of hydrogen-bond donors (Lipinski definition) is 2. The predicted octanol–water partition coefficient (Wildman–Crippen LogP) is -0.103. The first kappa shape index (κ1) is 8.86. The van der Waals surface area contributed by atoms with Gasteiger partial charge in [-0.2, -0.15) is 0 Å². The molecule has 68 valence electrons. The first-order chi connectivity index (χ1) is 5.57. The van der Waals surface area contributed by atoms with Crippen LogP contribution in [0.1, 0.15) is 13.8 Å². The van der Waals surface area contributed by atoms with Crippen molar-refractivity contribution in [3.05, 3.63) is 11.5 Å². The van der Waals surface area contributed by atoms with Gasteiger partial charge in [-0.05, 0) is 13.8 Å². The molecule has 1 aliphatic rings. The van der Waals surface area contributed by atoms with Gasteiger partial charge in [-0.25, -0.2) is 4.79 Å². The number of carboxylic acids is 1. The van der Waals surface area contributed by atoms with E-state index in [1.54, 1.807) is 11.8 Å². The number of carbonyl (C=O) groups is 1. The molecule has 1 aliphatic heterocycles. The number of ether oxygens (including phenoxy) is 1. The topological polar surface area (TPSA) is 75.8 Å². The quantitative estimate of drug-likeness (QED) is 0.608. The van der Waals surface area contributed by atoms with Crippen molar-refractivity contribution in [2.45, 2.75) is 20.2 Å². The Morgan fingerprint density at radius 2 is 2.42 bits per heavy atom. The van der Waals surface area contributed by atoms with Crippen LogP contribution < -0.4 is 5.73 Å². The lowest BCUT2D eigenvalue weighted by Gasteiger charge is -2.20. The molecule has 0 fully saturated rings. The van der Waals surface area contributed by atoms with Crippen molar-refractivity contribution in [3.8, 4) is 0 Å². The van der Waals surface area contributed by atoms with Gasteiger partial charge in [0.1, 0.15) is 0 Å². The molecule has 1 atom stereocenters. The van der Waals surface area contributed by atoms with E-state index in [0.717, 1.165) is 0 Å². The third-order valence-electron chi connectivity index (χ3n) is 1.84. The lowest BCUT2D eigenvalue weighted by atomic mass is 10.3. The number of aliphatic carboxylic acids is 1. The summed E-state index contributed by atoms with van der Waals surface area (Å²) in [7, 11) is 0. The van der Waals surface area contributed by atoms with Gasteiger partial charge in [0.05, 0.1) is 5.70 Å². The van der Waals surface area contributed by atoms with Gasteiger partial charge in [0, 0.05) is 6.54 Å². The molecule has 0 saturated carbocycles. The van der Waals surface area contributed by atoms with Gasteiger partial charge < -0.3 is 14.7 Å². The molecule has 12 heavy (non-hydrogen) atoms. The molecule has 0 amide bonds. The van der Waals surface area contributed by atoms with Crippen molar-refractivity contribution < 1.29 is 14.6 Å². The Bertz CT molecular complexity index is 237. The molecule has 0 saturated heterocycles. The van der Waals surface area contributed by atoms with Crippen LogP contribution in [-0.4, -0.2) is 28.9 Å². The minimum Gasteiger partial charge on any atom is -0.475 e. The summed E-state index contributed by atoms with van der Waals surface area (Å²) in [5, 5.41) is 8.65. The first-order valence-electron chi connectivity index (χ1n) is 3.71. The van der Waals surface area contributed by atoms with Crippen LogP contribution in [0.25, 0.3) is 0 Å². The number of nitrogens with two attached hydrogens (primary N) is 1. The molecule has 1 unspecified atom stereocenters. The van der Waals surface area contributed by atoms with Crippen molar-refractivity contribution in [2.24, 2.45) is 5.73 Å². The highest BCUT2D eigenvalue weighted by Crippen LogP contribution is 2.22. The molecule has 0 aliphatic carbocycles. The van der Waals surface area contributed by atoms with E-state index in [2.05, 4.69) is 0 Å². The van der Waals surface area contributed by atoms with Crippen molar-refractivity contribution in [1.82, 2.24) is 4.90 Å². The van der Waals surface area contributed by atoms with E-state index >= 15 is 0 Å². The van der Waals surface area contributed by atoms with Gasteiger partial charge in [0.15, 0.2) is 0 Å². The fourth-order valence-corrected chi connectivity index (χ4v) is 1.21. The second kappa shape index (κ2) is 3.02. The van der Waals surface area contributed by atoms with E-state index in [9.17, 15) is 4.79 Å². The Morgan fingerprint density at radius 3 is 2.67 bits per heavy atom. The van der Waals surface area contributed by atoms with Crippen molar-refractivity contribution in [3.63, 3.8) is 0 Å². The number of carboxylic acid groups (broad SMARTS) is 1. The Hall–Kier alpha value is -1.23. The average molecular weight is 172 g/mol. The standard InChI is InChI=1S/C7H12N2O3/c1-3-9-4(2)5(6(10)11)12-7(9)8/h7H,3,8H2,1-2H3,(H,10,11).